The van der Waals surface area contributed by atoms with Crippen molar-refractivity contribution in [2.75, 3.05) is 7.11 Å². The molecule has 0 N–H and O–H groups in total. The summed E-state index contributed by atoms with van der Waals surface area (Å²) >= 11 is 1.70. The first-order chi connectivity index (χ1) is 8.31. The average molecular weight is 246 g/mol. The van der Waals surface area contributed by atoms with Gasteiger partial charge in [-0.2, -0.15) is 0 Å². The summed E-state index contributed by atoms with van der Waals surface area (Å²) in [6, 6.07) is 7.56. The fourth-order valence-electron chi connectivity index (χ4n) is 1.66. The Bertz CT molecular complexity index is 463. The van der Waals surface area contributed by atoms with E-state index >= 15 is 0 Å². The predicted molar refractivity (Wildman–Crippen MR) is 70.3 cm³/mol. The van der Waals surface area contributed by atoms with Crippen molar-refractivity contribution in [2.24, 2.45) is 0 Å². The second-order valence-corrected chi connectivity index (χ2v) is 4.97. The van der Waals surface area contributed by atoms with Crippen molar-refractivity contribution < 1.29 is 9.53 Å². The van der Waals surface area contributed by atoms with Crippen LogP contribution < -0.4 is 0 Å². The lowest BCUT2D eigenvalue weighted by molar-refractivity contribution is 0.0597. The van der Waals surface area contributed by atoms with Crippen LogP contribution in [0, 0.1) is 0 Å². The van der Waals surface area contributed by atoms with E-state index in [2.05, 4.69) is 12.2 Å². The molecule has 0 spiro atoms. The van der Waals surface area contributed by atoms with Crippen LogP contribution >= 0.6 is 11.8 Å². The molecule has 88 valence electrons. The number of carbonyl (C=O) groups excluding carboxylic acids is 1. The number of hydrogen-bond donors (Lipinski definition) is 0. The maximum Gasteiger partial charge on any atom is 0.338 e. The lowest BCUT2D eigenvalue weighted by atomic mass is 10.2. The molecular weight excluding hydrogens is 232 g/mol. The van der Waals surface area contributed by atoms with Gasteiger partial charge in [0.2, 0.25) is 0 Å². The predicted octanol–water partition coefficient (Wildman–Crippen LogP) is 3.45. The molecule has 1 aromatic carbocycles. The van der Waals surface area contributed by atoms with Gasteiger partial charge in [-0.25, -0.2) is 4.79 Å². The summed E-state index contributed by atoms with van der Waals surface area (Å²) in [6.45, 7) is 0. The molecule has 0 heterocycles. The maximum absolute atomic E-state index is 11.6. The third-order valence-electron chi connectivity index (χ3n) is 2.51. The van der Waals surface area contributed by atoms with Gasteiger partial charge in [-0.1, -0.05) is 36.4 Å². The van der Waals surface area contributed by atoms with E-state index in [4.69, 9.17) is 4.74 Å². The number of esters is 1. The van der Waals surface area contributed by atoms with Gasteiger partial charge < -0.3 is 4.74 Å². The molecule has 0 saturated heterocycles. The lowest BCUT2D eigenvalue weighted by Crippen LogP contribution is -2.05. The van der Waals surface area contributed by atoms with Gasteiger partial charge in [-0.15, -0.1) is 11.8 Å². The van der Waals surface area contributed by atoms with Crippen molar-refractivity contribution >= 4 is 17.7 Å². The molecular formula is C14H14O2S. The monoisotopic (exact) mass is 246 g/mol. The molecule has 0 amide bonds. The first kappa shape index (κ1) is 12.0. The van der Waals surface area contributed by atoms with Crippen LogP contribution in [0.1, 0.15) is 16.8 Å². The molecule has 0 fully saturated rings. The molecule has 0 aliphatic heterocycles. The van der Waals surface area contributed by atoms with Gasteiger partial charge in [0.1, 0.15) is 0 Å². The first-order valence-electron chi connectivity index (χ1n) is 5.48. The summed E-state index contributed by atoms with van der Waals surface area (Å²) in [7, 11) is 1.41. The van der Waals surface area contributed by atoms with E-state index in [1.807, 2.05) is 30.4 Å². The number of benzene rings is 1. The number of rotatable bonds is 3. The van der Waals surface area contributed by atoms with Crippen molar-refractivity contribution in [3.8, 4) is 0 Å². The van der Waals surface area contributed by atoms with E-state index in [9.17, 15) is 4.79 Å². The Labute approximate surface area is 105 Å². The largest absolute Gasteiger partial charge is 0.465 e. The standard InChI is InChI=1S/C14H14O2S/c1-16-14(15)12-9-5-6-10-13(12)17-11-7-3-2-4-8-11/h2-7,9-11H,8H2,1H3. The quantitative estimate of drug-likeness (QED) is 0.764. The fourth-order valence-corrected chi connectivity index (χ4v) is 2.79. The van der Waals surface area contributed by atoms with Gasteiger partial charge in [0.25, 0.3) is 0 Å². The molecule has 1 aromatic rings. The van der Waals surface area contributed by atoms with Gasteiger partial charge in [0, 0.05) is 10.1 Å². The zero-order valence-corrected chi connectivity index (χ0v) is 10.4. The Morgan fingerprint density at radius 1 is 1.35 bits per heavy atom. The van der Waals surface area contributed by atoms with Gasteiger partial charge >= 0.3 is 5.97 Å². The van der Waals surface area contributed by atoms with Gasteiger partial charge in [0.05, 0.1) is 12.7 Å². The Kier molecular flexibility index (Phi) is 4.04. The second-order valence-electron chi connectivity index (χ2n) is 3.69. The fraction of sp³-hybridized carbons (Fsp3) is 0.214. The molecule has 2 rings (SSSR count). The first-order valence-corrected chi connectivity index (χ1v) is 6.36. The Hall–Kier alpha value is -1.48. The van der Waals surface area contributed by atoms with Crippen LogP contribution in [-0.4, -0.2) is 18.3 Å². The number of allylic oxidation sites excluding steroid dienone is 3. The van der Waals surface area contributed by atoms with Crippen LogP contribution in [-0.2, 0) is 4.74 Å². The maximum atomic E-state index is 11.6. The third kappa shape index (κ3) is 3.01. The van der Waals surface area contributed by atoms with E-state index in [1.54, 1.807) is 17.8 Å². The average Bonchev–Trinajstić information content (AvgIpc) is 2.40. The molecule has 0 aromatic heterocycles. The number of thioether (sulfide) groups is 1. The molecule has 1 aliphatic carbocycles. The minimum atomic E-state index is -0.275. The normalized spacial score (nSPS) is 18.1. The second kappa shape index (κ2) is 5.73. The zero-order chi connectivity index (χ0) is 12.1. The SMILES string of the molecule is COC(=O)c1ccccc1SC1C=CC=CC1. The number of hydrogen-bond acceptors (Lipinski definition) is 3. The van der Waals surface area contributed by atoms with E-state index in [0.717, 1.165) is 11.3 Å². The molecule has 17 heavy (non-hydrogen) atoms. The number of carbonyl (C=O) groups is 1. The molecule has 2 nitrogen and oxygen atoms in total. The minimum absolute atomic E-state index is 0.275. The Morgan fingerprint density at radius 3 is 2.88 bits per heavy atom. The van der Waals surface area contributed by atoms with Gasteiger partial charge in [0.15, 0.2) is 0 Å². The van der Waals surface area contributed by atoms with Crippen molar-refractivity contribution in [1.82, 2.24) is 0 Å². The van der Waals surface area contributed by atoms with Crippen molar-refractivity contribution in [3.05, 3.63) is 54.1 Å². The van der Waals surface area contributed by atoms with E-state index in [1.165, 1.54) is 7.11 Å². The molecule has 0 radical (unpaired) electrons. The van der Waals surface area contributed by atoms with E-state index in [-0.39, 0.29) is 5.97 Å². The van der Waals surface area contributed by atoms with Crippen molar-refractivity contribution in [1.29, 1.82) is 0 Å². The molecule has 0 bridgehead atoms. The Balaban J connectivity index is 2.17. The summed E-state index contributed by atoms with van der Waals surface area (Å²) in [5.41, 5.74) is 0.642. The summed E-state index contributed by atoms with van der Waals surface area (Å²) in [4.78, 5) is 12.6. The van der Waals surface area contributed by atoms with Crippen LogP contribution in [0.25, 0.3) is 0 Å². The van der Waals surface area contributed by atoms with Crippen LogP contribution in [0.5, 0.6) is 0 Å². The highest BCUT2D eigenvalue weighted by atomic mass is 32.2. The summed E-state index contributed by atoms with van der Waals surface area (Å²) in [6.07, 6.45) is 9.37. The zero-order valence-electron chi connectivity index (χ0n) is 9.63. The van der Waals surface area contributed by atoms with Gasteiger partial charge in [-0.3, -0.25) is 0 Å². The molecule has 1 aliphatic rings. The molecule has 0 saturated carbocycles. The highest BCUT2D eigenvalue weighted by molar-refractivity contribution is 8.00. The highest BCUT2D eigenvalue weighted by Gasteiger charge is 2.14. The topological polar surface area (TPSA) is 26.3 Å². The van der Waals surface area contributed by atoms with Gasteiger partial charge in [-0.05, 0) is 18.6 Å². The van der Waals surface area contributed by atoms with Crippen molar-refractivity contribution in [3.63, 3.8) is 0 Å². The minimum Gasteiger partial charge on any atom is -0.465 e. The molecule has 3 heteroatoms. The number of methoxy groups -OCH3 is 1. The van der Waals surface area contributed by atoms with Crippen LogP contribution in [0.4, 0.5) is 0 Å². The molecule has 1 atom stereocenters. The summed E-state index contributed by atoms with van der Waals surface area (Å²) in [5, 5.41) is 0.394. The molecule has 1 unspecified atom stereocenters. The van der Waals surface area contributed by atoms with Crippen LogP contribution in [0.2, 0.25) is 0 Å². The summed E-state index contributed by atoms with van der Waals surface area (Å²) < 4.78 is 4.78. The van der Waals surface area contributed by atoms with Crippen LogP contribution in [0.3, 0.4) is 0 Å². The summed E-state index contributed by atoms with van der Waals surface area (Å²) in [5.74, 6) is -0.275. The van der Waals surface area contributed by atoms with E-state index in [0.29, 0.717) is 10.8 Å². The van der Waals surface area contributed by atoms with Crippen molar-refractivity contribution in [2.45, 2.75) is 16.6 Å². The van der Waals surface area contributed by atoms with Crippen LogP contribution in [0.15, 0.2) is 53.5 Å². The highest BCUT2D eigenvalue weighted by Crippen LogP contribution is 2.31. The smallest absolute Gasteiger partial charge is 0.338 e. The number of ether oxygens (including phenoxy) is 1. The van der Waals surface area contributed by atoms with E-state index < -0.39 is 0 Å². The lowest BCUT2D eigenvalue weighted by Gasteiger charge is -2.14. The Morgan fingerprint density at radius 2 is 2.18 bits per heavy atom. The third-order valence-corrected chi connectivity index (χ3v) is 3.77.